The average Bonchev–Trinajstić information content (AvgIpc) is 3.12. The molecule has 0 bridgehead atoms. The van der Waals surface area contributed by atoms with Gasteiger partial charge in [0, 0.05) is 12.5 Å². The van der Waals surface area contributed by atoms with Crippen molar-refractivity contribution in [3.63, 3.8) is 0 Å². The first-order valence-corrected chi connectivity index (χ1v) is 13.3. The van der Waals surface area contributed by atoms with E-state index < -0.39 is 21.6 Å². The highest BCUT2D eigenvalue weighted by molar-refractivity contribution is 7.87. The standard InChI is InChI=1S/C28H29NO8S/c1-16-6-9-19(10-7-16)38(32,33)37-24-15-21-20(11-13-23(24)31)26-18(8-12-22(21)29-17(2)30)14-25(34-3)27(35-4)28(26)36-5/h6-7,9-11,13-15,22H,8,12H2,1-5H3,(H,29,30)/t22-/m0/s1. The lowest BCUT2D eigenvalue weighted by atomic mass is 9.95. The van der Waals surface area contributed by atoms with Crippen molar-refractivity contribution in [2.75, 3.05) is 21.3 Å². The second-order valence-corrected chi connectivity index (χ2v) is 10.4. The molecule has 1 aliphatic carbocycles. The van der Waals surface area contributed by atoms with Crippen molar-refractivity contribution in [3.05, 3.63) is 75.4 Å². The number of aryl methyl sites for hydroxylation is 2. The van der Waals surface area contributed by atoms with Gasteiger partial charge in [0.05, 0.1) is 27.4 Å². The monoisotopic (exact) mass is 539 g/mol. The molecule has 1 N–H and O–H groups in total. The molecule has 0 aliphatic heterocycles. The van der Waals surface area contributed by atoms with E-state index in [1.54, 1.807) is 18.2 Å². The van der Waals surface area contributed by atoms with Gasteiger partial charge in [0.15, 0.2) is 17.2 Å². The third-order valence-electron chi connectivity index (χ3n) is 6.39. The predicted octanol–water partition coefficient (Wildman–Crippen LogP) is 3.94. The van der Waals surface area contributed by atoms with Crippen LogP contribution in [0, 0.1) is 6.92 Å². The quantitative estimate of drug-likeness (QED) is 0.449. The van der Waals surface area contributed by atoms with Gasteiger partial charge < -0.3 is 23.7 Å². The summed E-state index contributed by atoms with van der Waals surface area (Å²) in [6.07, 6.45) is 0.984. The number of carbonyl (C=O) groups excluding carboxylic acids is 1. The molecule has 0 aromatic heterocycles. The van der Waals surface area contributed by atoms with Gasteiger partial charge in [-0.1, -0.05) is 17.7 Å². The van der Waals surface area contributed by atoms with Crippen LogP contribution in [0.15, 0.2) is 58.2 Å². The van der Waals surface area contributed by atoms with Crippen LogP contribution in [-0.2, 0) is 21.3 Å². The van der Waals surface area contributed by atoms with E-state index in [2.05, 4.69) is 5.32 Å². The Morgan fingerprint density at radius 3 is 2.21 bits per heavy atom. The fraction of sp³-hybridized carbons (Fsp3) is 0.286. The van der Waals surface area contributed by atoms with Crippen LogP contribution in [0.4, 0.5) is 0 Å². The van der Waals surface area contributed by atoms with E-state index in [1.165, 1.54) is 52.5 Å². The molecule has 0 radical (unpaired) electrons. The third kappa shape index (κ3) is 5.17. The Morgan fingerprint density at radius 2 is 1.61 bits per heavy atom. The van der Waals surface area contributed by atoms with E-state index >= 15 is 0 Å². The Kier molecular flexibility index (Phi) is 7.63. The summed E-state index contributed by atoms with van der Waals surface area (Å²) in [5.74, 6) is 0.563. The van der Waals surface area contributed by atoms with Crippen LogP contribution in [0.25, 0.3) is 11.1 Å². The Balaban J connectivity index is 1.98. The second kappa shape index (κ2) is 10.7. The van der Waals surface area contributed by atoms with Crippen LogP contribution >= 0.6 is 0 Å². The molecule has 1 amide bonds. The minimum absolute atomic E-state index is 0.0812. The molecule has 1 atom stereocenters. The third-order valence-corrected chi connectivity index (χ3v) is 7.64. The maximum Gasteiger partial charge on any atom is 0.339 e. The lowest BCUT2D eigenvalue weighted by Gasteiger charge is -2.20. The fourth-order valence-corrected chi connectivity index (χ4v) is 5.56. The lowest BCUT2D eigenvalue weighted by Crippen LogP contribution is -2.26. The number of amides is 1. The molecule has 10 heteroatoms. The number of hydrogen-bond donors (Lipinski definition) is 1. The molecule has 0 spiro atoms. The van der Waals surface area contributed by atoms with Crippen molar-refractivity contribution in [3.8, 4) is 34.1 Å². The summed E-state index contributed by atoms with van der Waals surface area (Å²) in [7, 11) is 0.215. The van der Waals surface area contributed by atoms with Crippen LogP contribution in [-0.4, -0.2) is 35.7 Å². The van der Waals surface area contributed by atoms with Crippen molar-refractivity contribution in [1.82, 2.24) is 5.32 Å². The highest BCUT2D eigenvalue weighted by Crippen LogP contribution is 2.50. The predicted molar refractivity (Wildman–Crippen MR) is 142 cm³/mol. The Hall–Kier alpha value is -4.05. The largest absolute Gasteiger partial charge is 0.493 e. The lowest BCUT2D eigenvalue weighted by molar-refractivity contribution is -0.119. The molecule has 200 valence electrons. The zero-order valence-electron chi connectivity index (χ0n) is 21.8. The molecule has 9 nitrogen and oxygen atoms in total. The molecular formula is C28H29NO8S. The number of methoxy groups -OCH3 is 3. The number of benzene rings is 2. The van der Waals surface area contributed by atoms with Crippen LogP contribution in [0.2, 0.25) is 0 Å². The van der Waals surface area contributed by atoms with Gasteiger partial charge in [0.1, 0.15) is 4.90 Å². The van der Waals surface area contributed by atoms with Gasteiger partial charge in [0.25, 0.3) is 0 Å². The Labute approximate surface area is 221 Å². The van der Waals surface area contributed by atoms with E-state index in [-0.39, 0.29) is 16.6 Å². The van der Waals surface area contributed by atoms with Crippen LogP contribution in [0.5, 0.6) is 23.0 Å². The minimum Gasteiger partial charge on any atom is -0.493 e. The molecule has 0 saturated carbocycles. The Morgan fingerprint density at radius 1 is 0.921 bits per heavy atom. The molecular weight excluding hydrogens is 510 g/mol. The van der Waals surface area contributed by atoms with Crippen molar-refractivity contribution in [1.29, 1.82) is 0 Å². The number of hydrogen-bond acceptors (Lipinski definition) is 8. The first-order valence-electron chi connectivity index (χ1n) is 11.9. The van der Waals surface area contributed by atoms with Crippen molar-refractivity contribution in [2.24, 2.45) is 0 Å². The maximum atomic E-state index is 13.1. The van der Waals surface area contributed by atoms with E-state index in [4.69, 9.17) is 18.4 Å². The summed E-state index contributed by atoms with van der Waals surface area (Å²) < 4.78 is 48.3. The van der Waals surface area contributed by atoms with Gasteiger partial charge >= 0.3 is 10.1 Å². The summed E-state index contributed by atoms with van der Waals surface area (Å²) in [6, 6.07) is 11.6. The van der Waals surface area contributed by atoms with Gasteiger partial charge in [-0.25, -0.2) is 0 Å². The molecule has 38 heavy (non-hydrogen) atoms. The molecule has 3 aromatic rings. The second-order valence-electron chi connectivity index (χ2n) is 8.90. The number of rotatable bonds is 7. The molecule has 0 heterocycles. The minimum atomic E-state index is -4.30. The van der Waals surface area contributed by atoms with Crippen LogP contribution in [0.3, 0.4) is 0 Å². The molecule has 0 unspecified atom stereocenters. The SMILES string of the molecule is COc1cc2c(c(OC)c1OC)-c1ccc(=O)c(OS(=O)(=O)c3ccc(C)cc3)cc1[C@@H](NC(C)=O)CC2. The van der Waals surface area contributed by atoms with Gasteiger partial charge in [-0.2, -0.15) is 8.42 Å². The van der Waals surface area contributed by atoms with Crippen LogP contribution < -0.4 is 29.1 Å². The van der Waals surface area contributed by atoms with E-state index in [1.807, 2.05) is 13.0 Å². The zero-order valence-corrected chi connectivity index (χ0v) is 22.6. The van der Waals surface area contributed by atoms with Crippen molar-refractivity contribution in [2.45, 2.75) is 37.6 Å². The van der Waals surface area contributed by atoms with Gasteiger partial charge in [-0.15, -0.1) is 0 Å². The number of nitrogens with one attached hydrogen (secondary N) is 1. The van der Waals surface area contributed by atoms with Crippen LogP contribution in [0.1, 0.15) is 36.1 Å². The molecule has 0 saturated heterocycles. The maximum absolute atomic E-state index is 13.1. The molecule has 1 aliphatic rings. The summed E-state index contributed by atoms with van der Waals surface area (Å²) in [4.78, 5) is 25.1. The van der Waals surface area contributed by atoms with Crippen molar-refractivity contribution < 1.29 is 31.6 Å². The Bertz CT molecular complexity index is 1550. The van der Waals surface area contributed by atoms with Gasteiger partial charge in [0.2, 0.25) is 17.1 Å². The highest BCUT2D eigenvalue weighted by Gasteiger charge is 2.30. The topological polar surface area (TPSA) is 117 Å². The summed E-state index contributed by atoms with van der Waals surface area (Å²) >= 11 is 0. The number of fused-ring (bicyclic) bond motifs is 3. The first kappa shape index (κ1) is 27.0. The molecule has 0 fully saturated rings. The van der Waals surface area contributed by atoms with Gasteiger partial charge in [-0.3, -0.25) is 9.59 Å². The fourth-order valence-electron chi connectivity index (χ4n) is 4.63. The summed E-state index contributed by atoms with van der Waals surface area (Å²) in [6.45, 7) is 3.23. The zero-order chi connectivity index (χ0) is 27.6. The number of carbonyl (C=O) groups is 1. The molecule has 4 rings (SSSR count). The van der Waals surface area contributed by atoms with E-state index in [9.17, 15) is 18.0 Å². The summed E-state index contributed by atoms with van der Waals surface area (Å²) in [5, 5.41) is 2.92. The number of ether oxygens (including phenoxy) is 3. The highest BCUT2D eigenvalue weighted by atomic mass is 32.2. The van der Waals surface area contributed by atoms with E-state index in [0.29, 0.717) is 46.8 Å². The smallest absolute Gasteiger partial charge is 0.339 e. The van der Waals surface area contributed by atoms with E-state index in [0.717, 1.165) is 11.1 Å². The molecule has 3 aromatic carbocycles. The summed E-state index contributed by atoms with van der Waals surface area (Å²) in [5.41, 5.74) is 2.80. The van der Waals surface area contributed by atoms with Crippen molar-refractivity contribution >= 4 is 16.0 Å². The average molecular weight is 540 g/mol. The first-order chi connectivity index (χ1) is 18.1. The normalized spacial score (nSPS) is 14.4. The van der Waals surface area contributed by atoms with Gasteiger partial charge in [-0.05, 0) is 72.9 Å².